The van der Waals surface area contributed by atoms with Gasteiger partial charge in [-0.3, -0.25) is 9.52 Å². The van der Waals surface area contributed by atoms with Gasteiger partial charge in [0, 0.05) is 6.04 Å². The molecule has 1 aromatic heterocycles. The van der Waals surface area contributed by atoms with Gasteiger partial charge >= 0.3 is 0 Å². The SMILES string of the molecule is CS(=O)(=O)Nc1cnn(CC(=O)NC2CCCCC2)n1. The highest BCUT2D eigenvalue weighted by Crippen LogP contribution is 2.17. The quantitative estimate of drug-likeness (QED) is 0.802. The zero-order chi connectivity index (χ0) is 14.6. The first kappa shape index (κ1) is 14.8. The van der Waals surface area contributed by atoms with Crippen molar-refractivity contribution in [1.29, 1.82) is 0 Å². The van der Waals surface area contributed by atoms with E-state index in [-0.39, 0.29) is 24.3 Å². The Morgan fingerprint density at radius 3 is 2.75 bits per heavy atom. The van der Waals surface area contributed by atoms with E-state index in [1.807, 2.05) is 0 Å². The van der Waals surface area contributed by atoms with Crippen LogP contribution in [0.3, 0.4) is 0 Å². The van der Waals surface area contributed by atoms with Gasteiger partial charge in [0.05, 0.1) is 12.5 Å². The molecule has 0 radical (unpaired) electrons. The molecule has 0 aromatic carbocycles. The Morgan fingerprint density at radius 1 is 1.40 bits per heavy atom. The number of carbonyl (C=O) groups excluding carboxylic acids is 1. The van der Waals surface area contributed by atoms with Gasteiger partial charge < -0.3 is 5.32 Å². The fourth-order valence-corrected chi connectivity index (χ4v) is 2.73. The second-order valence-electron chi connectivity index (χ2n) is 5.04. The Bertz CT molecular complexity index is 562. The molecule has 1 aromatic rings. The minimum absolute atomic E-state index is 0.0120. The van der Waals surface area contributed by atoms with E-state index in [4.69, 9.17) is 0 Å². The van der Waals surface area contributed by atoms with Crippen LogP contribution < -0.4 is 10.0 Å². The summed E-state index contributed by atoms with van der Waals surface area (Å²) in [6.45, 7) is -0.0120. The second-order valence-corrected chi connectivity index (χ2v) is 6.79. The number of hydrogen-bond donors (Lipinski definition) is 2. The van der Waals surface area contributed by atoms with Crippen LogP contribution in [0.2, 0.25) is 0 Å². The lowest BCUT2D eigenvalue weighted by molar-refractivity contribution is -0.123. The summed E-state index contributed by atoms with van der Waals surface area (Å²) in [7, 11) is -3.38. The van der Waals surface area contributed by atoms with Crippen molar-refractivity contribution < 1.29 is 13.2 Å². The molecule has 1 fully saturated rings. The summed E-state index contributed by atoms with van der Waals surface area (Å²) >= 11 is 0. The fourth-order valence-electron chi connectivity index (χ4n) is 2.26. The van der Waals surface area contributed by atoms with E-state index >= 15 is 0 Å². The summed E-state index contributed by atoms with van der Waals surface area (Å²) in [4.78, 5) is 13.0. The summed E-state index contributed by atoms with van der Waals surface area (Å²) in [5.74, 6) is -0.0450. The number of sulfonamides is 1. The molecule has 0 aliphatic heterocycles. The highest BCUT2D eigenvalue weighted by molar-refractivity contribution is 7.92. The first-order valence-electron chi connectivity index (χ1n) is 6.60. The number of aromatic nitrogens is 3. The molecule has 9 heteroatoms. The van der Waals surface area contributed by atoms with Crippen molar-refractivity contribution in [2.45, 2.75) is 44.7 Å². The van der Waals surface area contributed by atoms with Crippen LogP contribution in [-0.4, -0.2) is 41.6 Å². The van der Waals surface area contributed by atoms with E-state index in [0.717, 1.165) is 31.9 Å². The molecule has 0 atom stereocenters. The van der Waals surface area contributed by atoms with Crippen LogP contribution in [0.25, 0.3) is 0 Å². The maximum atomic E-state index is 11.8. The van der Waals surface area contributed by atoms with Crippen LogP contribution in [0.15, 0.2) is 6.20 Å². The second kappa shape index (κ2) is 6.21. The zero-order valence-corrected chi connectivity index (χ0v) is 12.2. The summed E-state index contributed by atoms with van der Waals surface area (Å²) in [5, 5.41) is 10.7. The van der Waals surface area contributed by atoms with Gasteiger partial charge in [0.2, 0.25) is 15.9 Å². The third kappa shape index (κ3) is 4.80. The Hall–Kier alpha value is -1.64. The molecule has 0 saturated heterocycles. The summed E-state index contributed by atoms with van der Waals surface area (Å²) in [5.41, 5.74) is 0. The van der Waals surface area contributed by atoms with Crippen LogP contribution in [0.4, 0.5) is 5.82 Å². The van der Waals surface area contributed by atoms with E-state index in [1.165, 1.54) is 17.4 Å². The van der Waals surface area contributed by atoms with Gasteiger partial charge in [-0.05, 0) is 12.8 Å². The molecule has 1 amide bonds. The molecule has 112 valence electrons. The van der Waals surface area contributed by atoms with Gasteiger partial charge in [-0.15, -0.1) is 5.10 Å². The van der Waals surface area contributed by atoms with Gasteiger partial charge in [0.1, 0.15) is 6.54 Å². The van der Waals surface area contributed by atoms with Crippen molar-refractivity contribution >= 4 is 21.7 Å². The minimum Gasteiger partial charge on any atom is -0.352 e. The van der Waals surface area contributed by atoms with Crippen LogP contribution in [-0.2, 0) is 21.4 Å². The van der Waals surface area contributed by atoms with Crippen molar-refractivity contribution in [3.63, 3.8) is 0 Å². The molecule has 2 N–H and O–H groups in total. The van der Waals surface area contributed by atoms with Crippen LogP contribution >= 0.6 is 0 Å². The molecule has 1 saturated carbocycles. The third-order valence-electron chi connectivity index (χ3n) is 3.08. The highest BCUT2D eigenvalue weighted by Gasteiger charge is 2.16. The number of hydrogen-bond acceptors (Lipinski definition) is 5. The molecule has 20 heavy (non-hydrogen) atoms. The molecule has 1 heterocycles. The van der Waals surface area contributed by atoms with E-state index in [0.29, 0.717) is 0 Å². The molecular weight excluding hydrogens is 282 g/mol. The summed E-state index contributed by atoms with van der Waals surface area (Å²) in [6.07, 6.45) is 7.85. The smallest absolute Gasteiger partial charge is 0.243 e. The zero-order valence-electron chi connectivity index (χ0n) is 11.4. The molecule has 1 aliphatic rings. The number of rotatable bonds is 5. The van der Waals surface area contributed by atoms with Gasteiger partial charge in [0.15, 0.2) is 5.82 Å². The molecular formula is C11H19N5O3S. The Labute approximate surface area is 118 Å². The van der Waals surface area contributed by atoms with Crippen molar-refractivity contribution in [3.05, 3.63) is 6.20 Å². The first-order chi connectivity index (χ1) is 9.42. The average molecular weight is 301 g/mol. The lowest BCUT2D eigenvalue weighted by atomic mass is 9.95. The molecule has 0 unspecified atom stereocenters. The van der Waals surface area contributed by atoms with E-state index in [2.05, 4.69) is 20.2 Å². The number of nitrogens with zero attached hydrogens (tertiary/aromatic N) is 3. The molecule has 2 rings (SSSR count). The van der Waals surface area contributed by atoms with Crippen molar-refractivity contribution in [2.75, 3.05) is 11.0 Å². The van der Waals surface area contributed by atoms with E-state index < -0.39 is 10.0 Å². The van der Waals surface area contributed by atoms with Crippen molar-refractivity contribution in [1.82, 2.24) is 20.3 Å². The van der Waals surface area contributed by atoms with Crippen molar-refractivity contribution in [3.8, 4) is 0 Å². The topological polar surface area (TPSA) is 106 Å². The molecule has 0 spiro atoms. The predicted octanol–water partition coefficient (Wildman–Crippen LogP) is 0.0985. The molecule has 1 aliphatic carbocycles. The molecule has 0 bridgehead atoms. The normalized spacial score (nSPS) is 16.9. The van der Waals surface area contributed by atoms with Gasteiger partial charge in [-0.25, -0.2) is 8.42 Å². The highest BCUT2D eigenvalue weighted by atomic mass is 32.2. The van der Waals surface area contributed by atoms with Crippen LogP contribution in [0.5, 0.6) is 0 Å². The lowest BCUT2D eigenvalue weighted by Crippen LogP contribution is -2.38. The average Bonchev–Trinajstić information content (AvgIpc) is 2.75. The number of carbonyl (C=O) groups is 1. The van der Waals surface area contributed by atoms with E-state index in [1.54, 1.807) is 0 Å². The van der Waals surface area contributed by atoms with Gasteiger partial charge in [-0.1, -0.05) is 19.3 Å². The third-order valence-corrected chi connectivity index (χ3v) is 3.66. The minimum atomic E-state index is -3.38. The standard InChI is InChI=1S/C11H19N5O3S/c1-20(18,19)15-10-7-12-16(14-10)8-11(17)13-9-5-3-2-4-6-9/h7,9H,2-6,8H2,1H3,(H,13,17)(H,14,15). The Morgan fingerprint density at radius 2 is 2.10 bits per heavy atom. The van der Waals surface area contributed by atoms with Gasteiger partial charge in [0.25, 0.3) is 0 Å². The van der Waals surface area contributed by atoms with Crippen LogP contribution in [0, 0.1) is 0 Å². The first-order valence-corrected chi connectivity index (χ1v) is 8.49. The Balaban J connectivity index is 1.85. The summed E-state index contributed by atoms with van der Waals surface area (Å²) < 4.78 is 24.3. The Kier molecular flexibility index (Phi) is 4.58. The molecule has 8 nitrogen and oxygen atoms in total. The predicted molar refractivity (Wildman–Crippen MR) is 73.5 cm³/mol. The number of amides is 1. The monoisotopic (exact) mass is 301 g/mol. The van der Waals surface area contributed by atoms with E-state index in [9.17, 15) is 13.2 Å². The fraction of sp³-hybridized carbons (Fsp3) is 0.727. The van der Waals surface area contributed by atoms with Crippen molar-refractivity contribution in [2.24, 2.45) is 0 Å². The van der Waals surface area contributed by atoms with Crippen LogP contribution in [0.1, 0.15) is 32.1 Å². The number of nitrogens with one attached hydrogen (secondary N) is 2. The van der Waals surface area contributed by atoms with Gasteiger partial charge in [-0.2, -0.15) is 9.90 Å². The lowest BCUT2D eigenvalue weighted by Gasteiger charge is -2.22. The maximum absolute atomic E-state index is 11.8. The summed E-state index contributed by atoms with van der Waals surface area (Å²) in [6, 6.07) is 0.237. The largest absolute Gasteiger partial charge is 0.352 e. The number of anilines is 1. The maximum Gasteiger partial charge on any atom is 0.243 e.